The first kappa shape index (κ1) is 71.4. The van der Waals surface area contributed by atoms with Crippen molar-refractivity contribution in [3.05, 3.63) is 97.2 Å². The molecule has 2 N–H and O–H groups in total. The zero-order chi connectivity index (χ0) is 54.2. The Morgan fingerprint density at radius 3 is 1.26 bits per heavy atom. The van der Waals surface area contributed by atoms with Gasteiger partial charge in [0.15, 0.2) is 0 Å². The number of aliphatic hydroxyl groups excluding tert-OH is 1. The van der Waals surface area contributed by atoms with Gasteiger partial charge < -0.3 is 28.8 Å². The van der Waals surface area contributed by atoms with Crippen LogP contribution in [-0.2, 0) is 18.4 Å². The molecule has 428 valence electrons. The predicted molar refractivity (Wildman–Crippen MR) is 320 cm³/mol. The number of allylic oxidation sites excluding steroid dienone is 15. The van der Waals surface area contributed by atoms with E-state index in [1.165, 1.54) is 161 Å². The second kappa shape index (κ2) is 55.2. The number of carbonyl (C=O) groups is 1. The van der Waals surface area contributed by atoms with E-state index in [9.17, 15) is 19.4 Å². The number of nitrogens with zero attached hydrogens (tertiary/aromatic N) is 1. The number of hydrogen-bond acceptors (Lipinski definition) is 6. The second-order valence-corrected chi connectivity index (χ2v) is 23.1. The van der Waals surface area contributed by atoms with Gasteiger partial charge in [0.1, 0.15) is 13.2 Å². The summed E-state index contributed by atoms with van der Waals surface area (Å²) in [6.45, 7) is 4.49. The smallest absolute Gasteiger partial charge is 0.268 e. The molecule has 9 heteroatoms. The van der Waals surface area contributed by atoms with Crippen LogP contribution >= 0.6 is 7.82 Å². The average molecular weight is 1050 g/mol. The normalized spacial score (nSPS) is 14.5. The molecule has 0 aliphatic heterocycles. The van der Waals surface area contributed by atoms with E-state index in [1.807, 2.05) is 27.2 Å². The molecule has 0 aliphatic rings. The Morgan fingerprint density at radius 1 is 0.486 bits per heavy atom. The van der Waals surface area contributed by atoms with Crippen LogP contribution in [0.25, 0.3) is 0 Å². The maximum absolute atomic E-state index is 13.0. The van der Waals surface area contributed by atoms with Gasteiger partial charge in [-0.25, -0.2) is 0 Å². The summed E-state index contributed by atoms with van der Waals surface area (Å²) in [4.78, 5) is 25.5. The summed E-state index contributed by atoms with van der Waals surface area (Å²) in [5.74, 6) is -0.211. The van der Waals surface area contributed by atoms with E-state index < -0.39 is 26.6 Å². The number of likely N-dealkylation sites (N-methyl/N-ethyl adjacent to an activating group) is 1. The molecule has 0 aromatic carbocycles. The molecule has 0 fully saturated rings. The molecule has 0 radical (unpaired) electrons. The maximum atomic E-state index is 13.0. The van der Waals surface area contributed by atoms with Crippen LogP contribution in [0, 0.1) is 0 Å². The van der Waals surface area contributed by atoms with Gasteiger partial charge in [-0.15, -0.1) is 0 Å². The molecule has 0 bridgehead atoms. The number of nitrogens with one attached hydrogen (secondary N) is 1. The summed E-state index contributed by atoms with van der Waals surface area (Å²) >= 11 is 0. The molecule has 0 saturated carbocycles. The van der Waals surface area contributed by atoms with Crippen molar-refractivity contribution in [2.45, 2.75) is 270 Å². The number of quaternary nitrogens is 1. The quantitative estimate of drug-likeness (QED) is 0.0272. The van der Waals surface area contributed by atoms with Crippen LogP contribution in [0.1, 0.15) is 258 Å². The van der Waals surface area contributed by atoms with Crippen molar-refractivity contribution in [3.63, 3.8) is 0 Å². The number of amides is 1. The summed E-state index contributed by atoms with van der Waals surface area (Å²) in [6, 6.07) is -0.912. The van der Waals surface area contributed by atoms with E-state index >= 15 is 0 Å². The lowest BCUT2D eigenvalue weighted by Crippen LogP contribution is -2.45. The van der Waals surface area contributed by atoms with Crippen molar-refractivity contribution in [3.8, 4) is 0 Å². The zero-order valence-corrected chi connectivity index (χ0v) is 49.7. The Morgan fingerprint density at radius 2 is 0.838 bits per heavy atom. The summed E-state index contributed by atoms with van der Waals surface area (Å²) in [5, 5.41) is 13.8. The van der Waals surface area contributed by atoms with Crippen LogP contribution in [0.15, 0.2) is 97.2 Å². The topological polar surface area (TPSA) is 108 Å². The molecular weight excluding hydrogens is 936 g/mol. The predicted octanol–water partition coefficient (Wildman–Crippen LogP) is 18.4. The van der Waals surface area contributed by atoms with Crippen LogP contribution < -0.4 is 10.2 Å². The number of unbranched alkanes of at least 4 members (excludes halogenated alkanes) is 28. The van der Waals surface area contributed by atoms with E-state index in [1.54, 1.807) is 6.08 Å². The average Bonchev–Trinajstić information content (AvgIpc) is 3.36. The first-order chi connectivity index (χ1) is 36.0. The van der Waals surface area contributed by atoms with Crippen molar-refractivity contribution in [1.82, 2.24) is 5.32 Å². The summed E-state index contributed by atoms with van der Waals surface area (Å²) in [6.07, 6.45) is 79.4. The molecule has 0 rings (SSSR count). The van der Waals surface area contributed by atoms with Gasteiger partial charge in [-0.05, 0) is 89.9 Å². The fraction of sp³-hybridized carbons (Fsp3) is 0.738. The molecule has 0 spiro atoms. The minimum atomic E-state index is -4.61. The highest BCUT2D eigenvalue weighted by molar-refractivity contribution is 7.45. The Hall–Kier alpha value is -2.58. The lowest BCUT2D eigenvalue weighted by atomic mass is 10.0. The molecule has 1 amide bonds. The highest BCUT2D eigenvalue weighted by Crippen LogP contribution is 2.38. The largest absolute Gasteiger partial charge is 0.756 e. The van der Waals surface area contributed by atoms with Gasteiger partial charge in [-0.2, -0.15) is 0 Å². The van der Waals surface area contributed by atoms with E-state index in [4.69, 9.17) is 9.05 Å². The molecule has 8 nitrogen and oxygen atoms in total. The van der Waals surface area contributed by atoms with Crippen LogP contribution in [0.5, 0.6) is 0 Å². The second-order valence-electron chi connectivity index (χ2n) is 21.7. The van der Waals surface area contributed by atoms with Crippen LogP contribution in [0.4, 0.5) is 0 Å². The fourth-order valence-electron chi connectivity index (χ4n) is 8.51. The standard InChI is InChI=1S/C65H117N2O6P/c1-6-8-10-12-14-16-18-20-22-23-24-25-26-27-28-29-30-31-32-33-34-35-36-37-38-39-40-41-42-43-45-47-49-51-53-55-57-59-65(69)66-63(62-73-74(70,71)72-61-60-67(3,4)5)64(68)58-56-54-52-50-48-46-44-21-19-17-15-13-11-9-7-2/h8,10,14,16,19-22,24-25,27-28,48,50,56,58,63-64,68H,6-7,9,11-13,15,17-18,23,26,29-47,49,51-55,57,59-62H2,1-5H3,(H-,66,69,70,71)/b10-8-,16-14-,21-19+,22-20-,25-24-,28-27-,50-48+,58-56+. The monoisotopic (exact) mass is 1050 g/mol. The Bertz CT molecular complexity index is 1520. The Balaban J connectivity index is 4.02. The minimum Gasteiger partial charge on any atom is -0.756 e. The van der Waals surface area contributed by atoms with Gasteiger partial charge in [-0.1, -0.05) is 259 Å². The maximum Gasteiger partial charge on any atom is 0.268 e. The van der Waals surface area contributed by atoms with Gasteiger partial charge >= 0.3 is 0 Å². The molecule has 0 aromatic rings. The van der Waals surface area contributed by atoms with Gasteiger partial charge in [0.05, 0.1) is 39.9 Å². The first-order valence-electron chi connectivity index (χ1n) is 30.6. The summed E-state index contributed by atoms with van der Waals surface area (Å²) in [7, 11) is 1.23. The number of aliphatic hydroxyl groups is 1. The number of hydrogen-bond donors (Lipinski definition) is 2. The van der Waals surface area contributed by atoms with Crippen LogP contribution in [0.2, 0.25) is 0 Å². The van der Waals surface area contributed by atoms with Crippen molar-refractivity contribution in [2.75, 3.05) is 40.9 Å². The van der Waals surface area contributed by atoms with Gasteiger partial charge in [-0.3, -0.25) is 9.36 Å². The van der Waals surface area contributed by atoms with Crippen molar-refractivity contribution in [1.29, 1.82) is 0 Å². The number of phosphoric acid groups is 1. The van der Waals surface area contributed by atoms with Gasteiger partial charge in [0.2, 0.25) is 5.91 Å². The molecule has 74 heavy (non-hydrogen) atoms. The van der Waals surface area contributed by atoms with Gasteiger partial charge in [0, 0.05) is 6.42 Å². The molecule has 3 unspecified atom stereocenters. The molecule has 0 aliphatic carbocycles. The van der Waals surface area contributed by atoms with E-state index in [-0.39, 0.29) is 12.5 Å². The highest BCUT2D eigenvalue weighted by atomic mass is 31.2. The van der Waals surface area contributed by atoms with E-state index in [0.717, 1.165) is 77.0 Å². The third-order valence-electron chi connectivity index (χ3n) is 13.3. The van der Waals surface area contributed by atoms with Crippen molar-refractivity contribution >= 4 is 13.7 Å². The van der Waals surface area contributed by atoms with Crippen molar-refractivity contribution < 1.29 is 32.9 Å². The zero-order valence-electron chi connectivity index (χ0n) is 48.8. The fourth-order valence-corrected chi connectivity index (χ4v) is 9.23. The molecule has 0 saturated heterocycles. The molecule has 0 heterocycles. The van der Waals surface area contributed by atoms with Crippen LogP contribution in [0.3, 0.4) is 0 Å². The molecular formula is C65H117N2O6P. The van der Waals surface area contributed by atoms with Crippen LogP contribution in [-0.4, -0.2) is 68.5 Å². The van der Waals surface area contributed by atoms with E-state index in [2.05, 4.69) is 104 Å². The van der Waals surface area contributed by atoms with Crippen molar-refractivity contribution in [2.24, 2.45) is 0 Å². The SMILES string of the molecule is CC/C=C\C/C=C\C/C=C\C/C=C\C/C=C\CCCCCCCCCCCCCCCCCCCCCCCC(=O)NC(COP(=O)([O-])OCC[N+](C)(C)C)C(O)/C=C/CC/C=C/CC/C=C/CCCCCCC. The number of phosphoric ester groups is 1. The third-order valence-corrected chi connectivity index (χ3v) is 14.2. The number of rotatable bonds is 55. The first-order valence-corrected chi connectivity index (χ1v) is 32.1. The lowest BCUT2D eigenvalue weighted by Gasteiger charge is -2.29. The Kier molecular flexibility index (Phi) is 53.3. The molecule has 0 aromatic heterocycles. The Labute approximate surface area is 458 Å². The molecule has 3 atom stereocenters. The third kappa shape index (κ3) is 57.1. The lowest BCUT2D eigenvalue weighted by molar-refractivity contribution is -0.870. The van der Waals surface area contributed by atoms with E-state index in [0.29, 0.717) is 17.4 Å². The summed E-state index contributed by atoms with van der Waals surface area (Å²) < 4.78 is 23.3. The van der Waals surface area contributed by atoms with Gasteiger partial charge in [0.25, 0.3) is 7.82 Å². The highest BCUT2D eigenvalue weighted by Gasteiger charge is 2.23. The number of carbonyl (C=O) groups excluding carboxylic acids is 1. The minimum absolute atomic E-state index is 0.0110. The summed E-state index contributed by atoms with van der Waals surface area (Å²) in [5.41, 5.74) is 0.